The van der Waals surface area contributed by atoms with Crippen LogP contribution in [0.5, 0.6) is 0 Å². The van der Waals surface area contributed by atoms with E-state index in [0.717, 1.165) is 18.7 Å². The maximum Gasteiger partial charge on any atom is 0.141 e. The van der Waals surface area contributed by atoms with Gasteiger partial charge in [0.1, 0.15) is 5.82 Å². The van der Waals surface area contributed by atoms with Gasteiger partial charge >= 0.3 is 0 Å². The topological polar surface area (TPSA) is 25.8 Å². The van der Waals surface area contributed by atoms with Gasteiger partial charge < -0.3 is 0 Å². The number of nitrogens with zero attached hydrogens (tertiary/aromatic N) is 2. The van der Waals surface area contributed by atoms with Gasteiger partial charge in [0.2, 0.25) is 0 Å². The van der Waals surface area contributed by atoms with Gasteiger partial charge in [-0.2, -0.15) is 0 Å². The first-order valence-electron chi connectivity index (χ1n) is 12.5. The molecule has 1 aliphatic rings. The second kappa shape index (κ2) is 12.6. The zero-order valence-corrected chi connectivity index (χ0v) is 19.6. The summed E-state index contributed by atoms with van der Waals surface area (Å²) in [6.45, 7) is 4.53. The molecular weight excluding hydrogens is 376 g/mol. The minimum absolute atomic E-state index is 0.168. The van der Waals surface area contributed by atoms with E-state index in [1.54, 1.807) is 0 Å². The van der Waals surface area contributed by atoms with E-state index < -0.39 is 0 Å². The second-order valence-electron chi connectivity index (χ2n) is 9.08. The summed E-state index contributed by atoms with van der Waals surface area (Å²) >= 11 is 0. The van der Waals surface area contributed by atoms with Crippen LogP contribution in [0.2, 0.25) is 0 Å². The molecular formula is C29H40N2. The summed E-state index contributed by atoms with van der Waals surface area (Å²) in [7, 11) is 0. The third kappa shape index (κ3) is 6.89. The minimum Gasteiger partial charge on any atom is -0.240 e. The van der Waals surface area contributed by atoms with Crippen LogP contribution in [-0.2, 0) is 11.8 Å². The van der Waals surface area contributed by atoms with E-state index >= 15 is 0 Å². The van der Waals surface area contributed by atoms with Gasteiger partial charge in [-0.15, -0.1) is 0 Å². The first-order chi connectivity index (χ1) is 15.3. The highest BCUT2D eigenvalue weighted by Crippen LogP contribution is 2.37. The van der Waals surface area contributed by atoms with Crippen molar-refractivity contribution in [2.45, 2.75) is 95.8 Å². The van der Waals surface area contributed by atoms with E-state index in [4.69, 9.17) is 9.97 Å². The molecule has 1 heterocycles. The number of allylic oxidation sites excluding steroid dienone is 4. The Bertz CT molecular complexity index is 790. The molecule has 31 heavy (non-hydrogen) atoms. The molecule has 0 unspecified atom stereocenters. The zero-order valence-electron chi connectivity index (χ0n) is 19.6. The number of benzene rings is 1. The van der Waals surface area contributed by atoms with Crippen LogP contribution < -0.4 is 0 Å². The van der Waals surface area contributed by atoms with Crippen molar-refractivity contribution in [1.82, 2.24) is 9.97 Å². The summed E-state index contributed by atoms with van der Waals surface area (Å²) < 4.78 is 0. The van der Waals surface area contributed by atoms with Crippen LogP contribution in [0.4, 0.5) is 0 Å². The molecule has 166 valence electrons. The largest absolute Gasteiger partial charge is 0.240 e. The maximum atomic E-state index is 4.87. The third-order valence-corrected chi connectivity index (χ3v) is 6.52. The lowest BCUT2D eigenvalue weighted by Gasteiger charge is -2.30. The molecule has 0 atom stereocenters. The number of hydrogen-bond donors (Lipinski definition) is 0. The van der Waals surface area contributed by atoms with Crippen molar-refractivity contribution < 1.29 is 0 Å². The first kappa shape index (κ1) is 23.4. The minimum atomic E-state index is -0.168. The fourth-order valence-corrected chi connectivity index (χ4v) is 4.50. The predicted molar refractivity (Wildman–Crippen MR) is 132 cm³/mol. The van der Waals surface area contributed by atoms with Crippen LogP contribution in [0.3, 0.4) is 0 Å². The summed E-state index contributed by atoms with van der Waals surface area (Å²) in [5.41, 5.74) is 2.44. The van der Waals surface area contributed by atoms with Crippen molar-refractivity contribution in [2.75, 3.05) is 0 Å². The Morgan fingerprint density at radius 3 is 2.03 bits per heavy atom. The lowest BCUT2D eigenvalue weighted by molar-refractivity contribution is 0.511. The van der Waals surface area contributed by atoms with Gasteiger partial charge in [-0.3, -0.25) is 0 Å². The molecule has 3 rings (SSSR count). The van der Waals surface area contributed by atoms with Gasteiger partial charge in [-0.05, 0) is 30.4 Å². The van der Waals surface area contributed by atoms with E-state index in [1.807, 2.05) is 0 Å². The van der Waals surface area contributed by atoms with Crippen LogP contribution in [-0.4, -0.2) is 9.97 Å². The van der Waals surface area contributed by atoms with Gasteiger partial charge in [-0.25, -0.2) is 9.97 Å². The summed E-state index contributed by atoms with van der Waals surface area (Å²) in [4.78, 5) is 9.73. The van der Waals surface area contributed by atoms with Crippen molar-refractivity contribution >= 4 is 0 Å². The normalized spacial score (nSPS) is 20.3. The Morgan fingerprint density at radius 2 is 1.35 bits per heavy atom. The van der Waals surface area contributed by atoms with Gasteiger partial charge in [0, 0.05) is 18.3 Å². The van der Waals surface area contributed by atoms with Crippen LogP contribution in [0.25, 0.3) is 0 Å². The fraction of sp³-hybridized carbons (Fsp3) is 0.517. The zero-order chi connectivity index (χ0) is 21.8. The Morgan fingerprint density at radius 1 is 0.742 bits per heavy atom. The van der Waals surface area contributed by atoms with Crippen molar-refractivity contribution in [3.05, 3.63) is 84.0 Å². The number of hydrogen-bond acceptors (Lipinski definition) is 2. The van der Waals surface area contributed by atoms with E-state index in [0.29, 0.717) is 5.92 Å². The number of rotatable bonds is 13. The molecule has 0 bridgehead atoms. The molecule has 1 aromatic heterocycles. The Hall–Kier alpha value is -2.22. The molecule has 0 saturated heterocycles. The van der Waals surface area contributed by atoms with Crippen molar-refractivity contribution in [3.63, 3.8) is 0 Å². The highest BCUT2D eigenvalue weighted by atomic mass is 14.9. The standard InChI is InChI=1S/C29H40N2/c1-3-5-7-8-9-11-15-25-23-30-28(31-24-25)29(20-14-6-4-2)21-18-27(19-22-29)26-16-12-10-13-17-26/h10,12-13,16-19,21-24,27H,3-9,11,14-15,20H2,1-2H3. The predicted octanol–water partition coefficient (Wildman–Crippen LogP) is 8.11. The van der Waals surface area contributed by atoms with Gasteiger partial charge in [-0.1, -0.05) is 120 Å². The maximum absolute atomic E-state index is 4.87. The van der Waals surface area contributed by atoms with E-state index in [-0.39, 0.29) is 5.41 Å². The molecule has 0 saturated carbocycles. The highest BCUT2D eigenvalue weighted by molar-refractivity contribution is 5.39. The van der Waals surface area contributed by atoms with Gasteiger partial charge in [0.05, 0.1) is 5.41 Å². The van der Waals surface area contributed by atoms with Crippen LogP contribution in [0.15, 0.2) is 67.0 Å². The average molecular weight is 417 g/mol. The molecule has 0 aliphatic heterocycles. The number of unbranched alkanes of at least 4 members (excludes halogenated alkanes) is 7. The molecule has 0 N–H and O–H groups in total. The Balaban J connectivity index is 1.66. The van der Waals surface area contributed by atoms with Crippen molar-refractivity contribution in [1.29, 1.82) is 0 Å². The lowest BCUT2D eigenvalue weighted by Crippen LogP contribution is -2.26. The summed E-state index contributed by atoms with van der Waals surface area (Å²) in [6, 6.07) is 10.7. The summed E-state index contributed by atoms with van der Waals surface area (Å²) in [5, 5.41) is 0. The number of aromatic nitrogens is 2. The quantitative estimate of drug-likeness (QED) is 0.243. The lowest BCUT2D eigenvalue weighted by atomic mass is 9.75. The van der Waals surface area contributed by atoms with Crippen molar-refractivity contribution in [2.24, 2.45) is 0 Å². The first-order valence-corrected chi connectivity index (χ1v) is 12.5. The Labute approximate surface area is 189 Å². The molecule has 2 heteroatoms. The fourth-order valence-electron chi connectivity index (χ4n) is 4.50. The monoisotopic (exact) mass is 416 g/mol. The molecule has 0 fully saturated rings. The van der Waals surface area contributed by atoms with E-state index in [1.165, 1.54) is 68.9 Å². The number of aryl methyl sites for hydroxylation is 1. The van der Waals surface area contributed by atoms with E-state index in [2.05, 4.69) is 80.9 Å². The van der Waals surface area contributed by atoms with E-state index in [9.17, 15) is 0 Å². The molecule has 0 radical (unpaired) electrons. The summed E-state index contributed by atoms with van der Waals surface area (Å²) in [6.07, 6.45) is 27.4. The van der Waals surface area contributed by atoms with Crippen molar-refractivity contribution in [3.8, 4) is 0 Å². The van der Waals surface area contributed by atoms with Gasteiger partial charge in [0.25, 0.3) is 0 Å². The Kier molecular flexibility index (Phi) is 9.52. The SMILES string of the molecule is CCCCCCCCc1cnc(C2(CCCCC)C=CC(c3ccccc3)C=C2)nc1. The molecule has 1 aliphatic carbocycles. The molecule has 0 spiro atoms. The average Bonchev–Trinajstić information content (AvgIpc) is 2.83. The highest BCUT2D eigenvalue weighted by Gasteiger charge is 2.31. The second-order valence-corrected chi connectivity index (χ2v) is 9.08. The molecule has 2 nitrogen and oxygen atoms in total. The van der Waals surface area contributed by atoms with Gasteiger partial charge in [0.15, 0.2) is 0 Å². The molecule has 0 amide bonds. The summed E-state index contributed by atoms with van der Waals surface area (Å²) in [5.74, 6) is 1.29. The van der Waals surface area contributed by atoms with Crippen LogP contribution in [0.1, 0.15) is 101 Å². The molecule has 1 aromatic carbocycles. The third-order valence-electron chi connectivity index (χ3n) is 6.52. The molecule has 2 aromatic rings. The van der Waals surface area contributed by atoms with Crippen LogP contribution in [0, 0.1) is 0 Å². The van der Waals surface area contributed by atoms with Crippen LogP contribution >= 0.6 is 0 Å². The smallest absolute Gasteiger partial charge is 0.141 e.